The molecule has 0 amide bonds. The fourth-order valence-corrected chi connectivity index (χ4v) is 0.936. The highest BCUT2D eigenvalue weighted by atomic mass is 32.2. The monoisotopic (exact) mass is 157 g/mol. The smallest absolute Gasteiger partial charge is 0.220 e. The van der Waals surface area contributed by atoms with E-state index in [0.717, 1.165) is 0 Å². The number of nitrogen functional groups attached to an aromatic ring is 1. The van der Waals surface area contributed by atoms with Crippen molar-refractivity contribution in [2.75, 3.05) is 12.0 Å². The molecule has 1 aromatic rings. The predicted molar refractivity (Wildman–Crippen MR) is 38.8 cm³/mol. The van der Waals surface area contributed by atoms with Gasteiger partial charge in [0.05, 0.1) is 10.8 Å². The van der Waals surface area contributed by atoms with Gasteiger partial charge in [-0.1, -0.05) is 0 Å². The maximum Gasteiger partial charge on any atom is 0.220 e. The van der Waals surface area contributed by atoms with Gasteiger partial charge in [0, 0.05) is 12.5 Å². The summed E-state index contributed by atoms with van der Waals surface area (Å²) in [4.78, 5) is 7.49. The molecule has 0 aliphatic rings. The van der Waals surface area contributed by atoms with Crippen LogP contribution in [-0.2, 0) is 10.8 Å². The van der Waals surface area contributed by atoms with Crippen molar-refractivity contribution < 1.29 is 4.21 Å². The van der Waals surface area contributed by atoms with Crippen molar-refractivity contribution in [3.63, 3.8) is 0 Å². The minimum absolute atomic E-state index is 0.278. The van der Waals surface area contributed by atoms with Gasteiger partial charge in [-0.05, 0) is 6.07 Å². The number of aromatic nitrogens is 2. The van der Waals surface area contributed by atoms with Crippen molar-refractivity contribution in [3.05, 3.63) is 12.3 Å². The molecule has 1 atom stereocenters. The number of nitrogens with zero attached hydrogens (tertiary/aromatic N) is 2. The summed E-state index contributed by atoms with van der Waals surface area (Å²) in [6, 6.07) is 1.55. The van der Waals surface area contributed by atoms with E-state index < -0.39 is 10.8 Å². The summed E-state index contributed by atoms with van der Waals surface area (Å²) in [6.45, 7) is 0. The average Bonchev–Trinajstić information content (AvgIpc) is 1.88. The molecule has 0 fully saturated rings. The minimum Gasteiger partial charge on any atom is -0.384 e. The summed E-state index contributed by atoms with van der Waals surface area (Å²) >= 11 is 0. The van der Waals surface area contributed by atoms with Crippen LogP contribution in [0.2, 0.25) is 0 Å². The molecule has 4 nitrogen and oxygen atoms in total. The lowest BCUT2D eigenvalue weighted by molar-refractivity contribution is 0.680. The van der Waals surface area contributed by atoms with Crippen molar-refractivity contribution in [1.29, 1.82) is 0 Å². The van der Waals surface area contributed by atoms with Crippen LogP contribution in [0.1, 0.15) is 0 Å². The maximum atomic E-state index is 10.7. The van der Waals surface area contributed by atoms with Gasteiger partial charge in [-0.2, -0.15) is 0 Å². The molecular formula is C5H7N3OS. The zero-order valence-electron chi connectivity index (χ0n) is 5.44. The first-order chi connectivity index (χ1) is 4.70. The van der Waals surface area contributed by atoms with Crippen LogP contribution in [0.4, 0.5) is 5.82 Å². The fourth-order valence-electron chi connectivity index (χ4n) is 0.492. The lowest BCUT2D eigenvalue weighted by Gasteiger charge is -1.93. The van der Waals surface area contributed by atoms with E-state index in [-0.39, 0.29) is 5.16 Å². The van der Waals surface area contributed by atoms with Crippen LogP contribution in [0.15, 0.2) is 17.4 Å². The molecule has 0 saturated carbocycles. The van der Waals surface area contributed by atoms with Gasteiger partial charge in [0.1, 0.15) is 5.82 Å². The highest BCUT2D eigenvalue weighted by Crippen LogP contribution is 1.98. The third-order valence-corrected chi connectivity index (χ3v) is 1.62. The largest absolute Gasteiger partial charge is 0.384 e. The number of hydrogen-bond acceptors (Lipinski definition) is 4. The molecule has 0 aromatic carbocycles. The topological polar surface area (TPSA) is 68.9 Å². The first-order valence-electron chi connectivity index (χ1n) is 2.62. The standard InChI is InChI=1S/C5H7N3OS/c1-10(9)5-7-3-2-4(6)8-5/h2-3H,1H3,(H2,6,7,8)/t10-/m1/s1. The average molecular weight is 157 g/mol. The number of anilines is 1. The lowest BCUT2D eigenvalue weighted by Crippen LogP contribution is -1.99. The Morgan fingerprint density at radius 3 is 2.80 bits per heavy atom. The molecule has 2 N–H and O–H groups in total. The Morgan fingerprint density at radius 2 is 2.40 bits per heavy atom. The van der Waals surface area contributed by atoms with E-state index >= 15 is 0 Å². The van der Waals surface area contributed by atoms with Crippen molar-refractivity contribution in [2.45, 2.75) is 5.16 Å². The molecule has 0 bridgehead atoms. The summed E-state index contributed by atoms with van der Waals surface area (Å²) in [5.74, 6) is 0.347. The molecule has 0 saturated heterocycles. The van der Waals surface area contributed by atoms with Gasteiger partial charge >= 0.3 is 0 Å². The summed E-state index contributed by atoms with van der Waals surface area (Å²) in [6.07, 6.45) is 2.99. The molecule has 10 heavy (non-hydrogen) atoms. The molecule has 0 spiro atoms. The third-order valence-electron chi connectivity index (χ3n) is 0.912. The summed E-state index contributed by atoms with van der Waals surface area (Å²) in [5, 5.41) is 0.278. The quantitative estimate of drug-likeness (QED) is 0.573. The van der Waals surface area contributed by atoms with Crippen molar-refractivity contribution in [1.82, 2.24) is 9.97 Å². The zero-order chi connectivity index (χ0) is 7.56. The van der Waals surface area contributed by atoms with Gasteiger partial charge in [0.25, 0.3) is 0 Å². The Bertz CT molecular complexity index is 263. The Labute approximate surface area is 60.9 Å². The SMILES string of the molecule is C[S@@](=O)c1nccc(N)n1. The second-order valence-electron chi connectivity index (χ2n) is 1.72. The molecule has 1 aromatic heterocycles. The maximum absolute atomic E-state index is 10.7. The van der Waals surface area contributed by atoms with Crippen molar-refractivity contribution in [2.24, 2.45) is 0 Å². The van der Waals surface area contributed by atoms with Crippen molar-refractivity contribution >= 4 is 16.6 Å². The first-order valence-corrected chi connectivity index (χ1v) is 4.18. The first kappa shape index (κ1) is 7.14. The molecule has 5 heteroatoms. The van der Waals surface area contributed by atoms with Gasteiger partial charge in [0.15, 0.2) is 0 Å². The minimum atomic E-state index is -1.14. The Hall–Kier alpha value is -0.970. The normalized spacial score (nSPS) is 12.9. The van der Waals surface area contributed by atoms with Crippen LogP contribution >= 0.6 is 0 Å². The van der Waals surface area contributed by atoms with Crippen LogP contribution in [0.25, 0.3) is 0 Å². The molecule has 0 aliphatic heterocycles. The van der Waals surface area contributed by atoms with Gasteiger partial charge in [-0.3, -0.25) is 4.21 Å². The Balaban J connectivity index is 3.07. The molecule has 0 radical (unpaired) electrons. The number of rotatable bonds is 1. The van der Waals surface area contributed by atoms with E-state index in [1.54, 1.807) is 6.07 Å². The van der Waals surface area contributed by atoms with Gasteiger partial charge < -0.3 is 5.73 Å². The van der Waals surface area contributed by atoms with E-state index in [1.165, 1.54) is 12.5 Å². The molecular weight excluding hydrogens is 150 g/mol. The van der Waals surface area contributed by atoms with E-state index in [2.05, 4.69) is 9.97 Å². The van der Waals surface area contributed by atoms with Crippen LogP contribution < -0.4 is 5.73 Å². The number of nitrogens with two attached hydrogens (primary N) is 1. The summed E-state index contributed by atoms with van der Waals surface area (Å²) < 4.78 is 10.7. The Morgan fingerprint density at radius 1 is 1.70 bits per heavy atom. The second-order valence-corrected chi connectivity index (χ2v) is 2.99. The highest BCUT2D eigenvalue weighted by Gasteiger charge is 1.98. The van der Waals surface area contributed by atoms with E-state index in [4.69, 9.17) is 5.73 Å². The van der Waals surface area contributed by atoms with Gasteiger partial charge in [-0.25, -0.2) is 9.97 Å². The molecule has 54 valence electrons. The van der Waals surface area contributed by atoms with Crippen LogP contribution in [-0.4, -0.2) is 20.4 Å². The summed E-state index contributed by atoms with van der Waals surface area (Å²) in [7, 11) is -1.14. The van der Waals surface area contributed by atoms with Crippen molar-refractivity contribution in [3.8, 4) is 0 Å². The van der Waals surface area contributed by atoms with E-state index in [0.29, 0.717) is 5.82 Å². The van der Waals surface area contributed by atoms with Crippen LogP contribution in [0.3, 0.4) is 0 Å². The van der Waals surface area contributed by atoms with E-state index in [1.807, 2.05) is 0 Å². The van der Waals surface area contributed by atoms with Crippen LogP contribution in [0, 0.1) is 0 Å². The number of hydrogen-bond donors (Lipinski definition) is 1. The zero-order valence-corrected chi connectivity index (χ0v) is 6.26. The van der Waals surface area contributed by atoms with Gasteiger partial charge in [0.2, 0.25) is 5.16 Å². The highest BCUT2D eigenvalue weighted by molar-refractivity contribution is 7.84. The fraction of sp³-hybridized carbons (Fsp3) is 0.200. The molecule has 1 heterocycles. The second kappa shape index (κ2) is 2.74. The molecule has 0 unspecified atom stereocenters. The lowest BCUT2D eigenvalue weighted by atomic mass is 10.6. The van der Waals surface area contributed by atoms with E-state index in [9.17, 15) is 4.21 Å². The molecule has 0 aliphatic carbocycles. The predicted octanol–water partition coefficient (Wildman–Crippen LogP) is -0.204. The van der Waals surface area contributed by atoms with Crippen LogP contribution in [0.5, 0.6) is 0 Å². The van der Waals surface area contributed by atoms with Gasteiger partial charge in [-0.15, -0.1) is 0 Å². The third kappa shape index (κ3) is 1.51. The Kier molecular flexibility index (Phi) is 1.96. The molecule has 1 rings (SSSR count). The summed E-state index contributed by atoms with van der Waals surface area (Å²) in [5.41, 5.74) is 5.31.